The molecule has 21 heavy (non-hydrogen) atoms. The molecular formula is C17H19N3O. The molecule has 4 rings (SSSR count). The van der Waals surface area contributed by atoms with E-state index in [4.69, 9.17) is 0 Å². The summed E-state index contributed by atoms with van der Waals surface area (Å²) in [4.78, 5) is 18.2. The number of hydrogen-bond acceptors (Lipinski definition) is 2. The number of aromatic nitrogens is 1. The number of nitrogens with zero attached hydrogens (tertiary/aromatic N) is 1. The van der Waals surface area contributed by atoms with Crippen molar-refractivity contribution in [3.63, 3.8) is 0 Å². The number of likely N-dealkylation sites (tertiary alicyclic amines) is 1. The van der Waals surface area contributed by atoms with Crippen molar-refractivity contribution in [2.45, 2.75) is 31.3 Å². The van der Waals surface area contributed by atoms with E-state index in [-0.39, 0.29) is 18.0 Å². The Balaban J connectivity index is 1.53. The Kier molecular flexibility index (Phi) is 2.95. The number of nitrogens with one attached hydrogen (secondary N) is 2. The van der Waals surface area contributed by atoms with Crippen LogP contribution in [0.3, 0.4) is 0 Å². The largest absolute Gasteiger partial charge is 0.373 e. The predicted octanol–water partition coefficient (Wildman–Crippen LogP) is 2.72. The number of H-pyrrole nitrogens is 1. The van der Waals surface area contributed by atoms with Gasteiger partial charge in [-0.3, -0.25) is 4.79 Å². The van der Waals surface area contributed by atoms with Gasteiger partial charge >= 0.3 is 0 Å². The molecule has 2 atom stereocenters. The van der Waals surface area contributed by atoms with E-state index < -0.39 is 0 Å². The van der Waals surface area contributed by atoms with Gasteiger partial charge in [0.15, 0.2) is 0 Å². The molecule has 4 heteroatoms. The van der Waals surface area contributed by atoms with Gasteiger partial charge in [-0.15, -0.1) is 0 Å². The average Bonchev–Trinajstić information content (AvgIpc) is 3.23. The minimum atomic E-state index is -0.113. The molecule has 1 saturated heterocycles. The molecule has 1 aromatic heterocycles. The molecule has 2 aliphatic rings. The topological polar surface area (TPSA) is 48.1 Å². The van der Waals surface area contributed by atoms with Crippen molar-refractivity contribution in [3.8, 4) is 0 Å². The highest BCUT2D eigenvalue weighted by molar-refractivity contribution is 5.88. The van der Waals surface area contributed by atoms with Gasteiger partial charge in [-0.05, 0) is 36.6 Å². The molecule has 0 spiro atoms. The van der Waals surface area contributed by atoms with Crippen LogP contribution in [0.4, 0.5) is 5.69 Å². The van der Waals surface area contributed by atoms with Gasteiger partial charge in [0.1, 0.15) is 6.04 Å². The zero-order valence-corrected chi connectivity index (χ0v) is 11.9. The second-order valence-electron chi connectivity index (χ2n) is 5.87. The molecule has 0 saturated carbocycles. The summed E-state index contributed by atoms with van der Waals surface area (Å²) in [6, 6.07) is 12.4. The number of fused-ring (bicyclic) bond motifs is 1. The maximum atomic E-state index is 12.9. The second-order valence-corrected chi connectivity index (χ2v) is 5.87. The van der Waals surface area contributed by atoms with Crippen LogP contribution in [0, 0.1) is 0 Å². The van der Waals surface area contributed by atoms with Crippen molar-refractivity contribution in [1.82, 2.24) is 9.88 Å². The van der Waals surface area contributed by atoms with Gasteiger partial charge in [0.2, 0.25) is 5.91 Å². The van der Waals surface area contributed by atoms with Gasteiger partial charge in [0.05, 0.1) is 6.04 Å². The van der Waals surface area contributed by atoms with Gasteiger partial charge in [0.25, 0.3) is 0 Å². The Morgan fingerprint density at radius 2 is 2.10 bits per heavy atom. The number of anilines is 1. The van der Waals surface area contributed by atoms with E-state index in [1.165, 1.54) is 5.56 Å². The molecule has 108 valence electrons. The van der Waals surface area contributed by atoms with Gasteiger partial charge in [0, 0.05) is 30.5 Å². The molecule has 1 fully saturated rings. The summed E-state index contributed by atoms with van der Waals surface area (Å²) < 4.78 is 0. The summed E-state index contributed by atoms with van der Waals surface area (Å²) >= 11 is 0. The van der Waals surface area contributed by atoms with Crippen molar-refractivity contribution >= 4 is 11.6 Å². The zero-order chi connectivity index (χ0) is 14.2. The maximum absolute atomic E-state index is 12.9. The lowest BCUT2D eigenvalue weighted by Gasteiger charge is -2.27. The van der Waals surface area contributed by atoms with Crippen molar-refractivity contribution in [3.05, 3.63) is 53.9 Å². The number of benzene rings is 1. The second kappa shape index (κ2) is 4.95. The van der Waals surface area contributed by atoms with Crippen molar-refractivity contribution < 1.29 is 4.79 Å². The monoisotopic (exact) mass is 281 g/mol. The molecule has 2 N–H and O–H groups in total. The lowest BCUT2D eigenvalue weighted by atomic mass is 10.1. The zero-order valence-electron chi connectivity index (χ0n) is 11.9. The Hall–Kier alpha value is -2.23. The van der Waals surface area contributed by atoms with E-state index in [0.717, 1.165) is 37.2 Å². The standard InChI is InChI=1S/C17H19N3O/c21-17(15-11-12-5-1-2-6-13(12)19-15)20-10-4-8-16(20)14-7-3-9-18-14/h1-3,5-7,9,15-16,18-19H,4,8,10-11H2/t15-,16?/m0/s1. The summed E-state index contributed by atoms with van der Waals surface area (Å²) in [6.07, 6.45) is 4.85. The molecule has 1 unspecified atom stereocenters. The SMILES string of the molecule is O=C([C@@H]1Cc2ccccc2N1)N1CCCC1c1ccc[nH]1. The molecule has 0 radical (unpaired) electrons. The normalized spacial score (nSPS) is 23.9. The van der Waals surface area contributed by atoms with Gasteiger partial charge in [-0.25, -0.2) is 0 Å². The molecule has 2 aromatic rings. The van der Waals surface area contributed by atoms with E-state index in [9.17, 15) is 4.79 Å². The summed E-state index contributed by atoms with van der Waals surface area (Å²) in [5, 5.41) is 3.38. The first-order valence-corrected chi connectivity index (χ1v) is 7.61. The van der Waals surface area contributed by atoms with E-state index >= 15 is 0 Å². The third kappa shape index (κ3) is 2.11. The van der Waals surface area contributed by atoms with Crippen LogP contribution < -0.4 is 5.32 Å². The number of amides is 1. The number of rotatable bonds is 2. The van der Waals surface area contributed by atoms with Gasteiger partial charge in [-0.2, -0.15) is 0 Å². The minimum Gasteiger partial charge on any atom is -0.373 e. The molecule has 1 amide bonds. The molecule has 3 heterocycles. The third-order valence-electron chi connectivity index (χ3n) is 4.59. The lowest BCUT2D eigenvalue weighted by molar-refractivity contribution is -0.132. The fourth-order valence-corrected chi connectivity index (χ4v) is 3.55. The summed E-state index contributed by atoms with van der Waals surface area (Å²) in [5.74, 6) is 0.225. The van der Waals surface area contributed by atoms with Crippen LogP contribution in [0.2, 0.25) is 0 Å². The number of hydrogen-bond donors (Lipinski definition) is 2. The van der Waals surface area contributed by atoms with E-state index in [1.54, 1.807) is 0 Å². The van der Waals surface area contributed by atoms with Crippen LogP contribution in [-0.4, -0.2) is 28.4 Å². The van der Waals surface area contributed by atoms with Gasteiger partial charge in [-0.1, -0.05) is 18.2 Å². The minimum absolute atomic E-state index is 0.113. The van der Waals surface area contributed by atoms with Crippen LogP contribution >= 0.6 is 0 Å². The Morgan fingerprint density at radius 1 is 1.19 bits per heavy atom. The average molecular weight is 281 g/mol. The predicted molar refractivity (Wildman–Crippen MR) is 82.0 cm³/mol. The molecular weight excluding hydrogens is 262 g/mol. The summed E-state index contributed by atoms with van der Waals surface area (Å²) in [7, 11) is 0. The van der Waals surface area contributed by atoms with Crippen molar-refractivity contribution in [1.29, 1.82) is 0 Å². The van der Waals surface area contributed by atoms with Crippen LogP contribution in [-0.2, 0) is 11.2 Å². The molecule has 0 bridgehead atoms. The van der Waals surface area contributed by atoms with Crippen LogP contribution in [0.5, 0.6) is 0 Å². The van der Waals surface area contributed by atoms with Crippen LogP contribution in [0.25, 0.3) is 0 Å². The Labute approximate surface area is 124 Å². The fourth-order valence-electron chi connectivity index (χ4n) is 3.55. The fraction of sp³-hybridized carbons (Fsp3) is 0.353. The first-order valence-electron chi connectivity index (χ1n) is 7.61. The van der Waals surface area contributed by atoms with E-state index in [0.29, 0.717) is 0 Å². The summed E-state index contributed by atoms with van der Waals surface area (Å²) in [5.41, 5.74) is 3.49. The van der Waals surface area contributed by atoms with Crippen molar-refractivity contribution in [2.75, 3.05) is 11.9 Å². The van der Waals surface area contributed by atoms with E-state index in [2.05, 4.69) is 28.5 Å². The lowest BCUT2D eigenvalue weighted by Crippen LogP contribution is -2.41. The maximum Gasteiger partial charge on any atom is 0.245 e. The van der Waals surface area contributed by atoms with Crippen LogP contribution in [0.1, 0.15) is 30.1 Å². The number of carbonyl (C=O) groups is 1. The van der Waals surface area contributed by atoms with Crippen LogP contribution in [0.15, 0.2) is 42.6 Å². The first-order chi connectivity index (χ1) is 10.3. The summed E-state index contributed by atoms with van der Waals surface area (Å²) in [6.45, 7) is 0.858. The highest BCUT2D eigenvalue weighted by Gasteiger charge is 2.36. The van der Waals surface area contributed by atoms with Gasteiger partial charge < -0.3 is 15.2 Å². The molecule has 1 aromatic carbocycles. The number of carbonyl (C=O) groups excluding carboxylic acids is 1. The smallest absolute Gasteiger partial charge is 0.245 e. The Bertz CT molecular complexity index is 625. The quantitative estimate of drug-likeness (QED) is 0.889. The first kappa shape index (κ1) is 12.5. The highest BCUT2D eigenvalue weighted by atomic mass is 16.2. The molecule has 4 nitrogen and oxygen atoms in total. The number of para-hydroxylation sites is 1. The number of aromatic amines is 1. The Morgan fingerprint density at radius 3 is 2.90 bits per heavy atom. The molecule has 0 aliphatic carbocycles. The van der Waals surface area contributed by atoms with E-state index in [1.807, 2.05) is 29.3 Å². The molecule has 2 aliphatic heterocycles. The highest BCUT2D eigenvalue weighted by Crippen LogP contribution is 2.33. The van der Waals surface area contributed by atoms with Crippen molar-refractivity contribution in [2.24, 2.45) is 0 Å². The third-order valence-corrected chi connectivity index (χ3v) is 4.59.